The van der Waals surface area contributed by atoms with Crippen LogP contribution in [0, 0.1) is 0 Å². The van der Waals surface area contributed by atoms with Gasteiger partial charge in [-0.2, -0.15) is 0 Å². The van der Waals surface area contributed by atoms with Crippen molar-refractivity contribution in [1.29, 1.82) is 0 Å². The number of ether oxygens (including phenoxy) is 2. The van der Waals surface area contributed by atoms with Crippen LogP contribution in [0.25, 0.3) is 0 Å². The van der Waals surface area contributed by atoms with Crippen molar-refractivity contribution in [1.82, 2.24) is 0 Å². The standard InChI is InChI=1S/C45H76NO7P/c1-3-5-7-9-11-13-15-17-19-20-21-22-23-24-25-26-28-30-32-34-36-38-45(47)53-44(43-52-54(48,49)51-41-39-46)42-50-40-37-35-33-31-29-27-18-16-14-12-10-8-6-4-2/h5-8,11-14,17-19,21-22,24-25,27,44H,3-4,9-10,15-16,20,23,26,28-43,46H2,1-2H3,(H,48,49)/b7-5-,8-6-,13-11-,14-12-,19-17-,22-21-,25-24-,27-18-. The summed E-state index contributed by atoms with van der Waals surface area (Å²) in [6.45, 7) is 4.58. The molecule has 3 N–H and O–H groups in total. The first-order chi connectivity index (χ1) is 26.4. The molecule has 0 aliphatic rings. The van der Waals surface area contributed by atoms with Crippen LogP contribution >= 0.6 is 7.82 Å². The largest absolute Gasteiger partial charge is 0.472 e. The number of rotatable bonds is 38. The highest BCUT2D eigenvalue weighted by atomic mass is 31.2. The molecular weight excluding hydrogens is 697 g/mol. The summed E-state index contributed by atoms with van der Waals surface area (Å²) in [7, 11) is -4.29. The van der Waals surface area contributed by atoms with E-state index in [1.54, 1.807) is 0 Å². The van der Waals surface area contributed by atoms with Gasteiger partial charge in [0.15, 0.2) is 0 Å². The molecule has 2 atom stereocenters. The van der Waals surface area contributed by atoms with Gasteiger partial charge in [0, 0.05) is 19.6 Å². The van der Waals surface area contributed by atoms with Gasteiger partial charge in [0.2, 0.25) is 0 Å². The second kappa shape index (κ2) is 41.6. The monoisotopic (exact) mass is 774 g/mol. The van der Waals surface area contributed by atoms with E-state index < -0.39 is 13.9 Å². The number of nitrogens with two attached hydrogens (primary N) is 1. The maximum Gasteiger partial charge on any atom is 0.472 e. The van der Waals surface area contributed by atoms with E-state index in [1.807, 2.05) is 0 Å². The summed E-state index contributed by atoms with van der Waals surface area (Å²) in [5, 5.41) is 0. The molecule has 0 aromatic rings. The van der Waals surface area contributed by atoms with Gasteiger partial charge in [-0.3, -0.25) is 13.8 Å². The Morgan fingerprint density at radius 3 is 1.46 bits per heavy atom. The molecule has 0 saturated heterocycles. The van der Waals surface area contributed by atoms with E-state index >= 15 is 0 Å². The highest BCUT2D eigenvalue weighted by Crippen LogP contribution is 2.43. The van der Waals surface area contributed by atoms with Crippen molar-refractivity contribution < 1.29 is 32.8 Å². The molecule has 0 radical (unpaired) electrons. The molecule has 0 aliphatic carbocycles. The molecule has 9 heteroatoms. The fourth-order valence-corrected chi connectivity index (χ4v) is 5.80. The van der Waals surface area contributed by atoms with E-state index in [-0.39, 0.29) is 38.8 Å². The highest BCUT2D eigenvalue weighted by molar-refractivity contribution is 7.47. The third-order valence-electron chi connectivity index (χ3n) is 8.00. The summed E-state index contributed by atoms with van der Waals surface area (Å²) in [5.74, 6) is -0.362. The Morgan fingerprint density at radius 2 is 0.981 bits per heavy atom. The van der Waals surface area contributed by atoms with Crippen LogP contribution in [0.4, 0.5) is 0 Å². The summed E-state index contributed by atoms with van der Waals surface area (Å²) in [6.07, 6.45) is 54.2. The Bertz CT molecular complexity index is 1140. The molecule has 0 saturated carbocycles. The van der Waals surface area contributed by atoms with Gasteiger partial charge >= 0.3 is 13.8 Å². The lowest BCUT2D eigenvalue weighted by Crippen LogP contribution is -2.28. The Morgan fingerprint density at radius 1 is 0.556 bits per heavy atom. The molecule has 0 aliphatic heterocycles. The molecule has 8 nitrogen and oxygen atoms in total. The zero-order valence-corrected chi connectivity index (χ0v) is 34.8. The molecule has 0 spiro atoms. The van der Waals surface area contributed by atoms with E-state index in [0.717, 1.165) is 122 Å². The van der Waals surface area contributed by atoms with Gasteiger partial charge in [-0.05, 0) is 89.9 Å². The van der Waals surface area contributed by atoms with Crippen LogP contribution in [-0.2, 0) is 27.9 Å². The molecule has 0 bridgehead atoms. The average Bonchev–Trinajstić information content (AvgIpc) is 3.16. The van der Waals surface area contributed by atoms with Crippen molar-refractivity contribution in [3.8, 4) is 0 Å². The van der Waals surface area contributed by atoms with E-state index in [0.29, 0.717) is 6.61 Å². The predicted molar refractivity (Wildman–Crippen MR) is 228 cm³/mol. The lowest BCUT2D eigenvalue weighted by Gasteiger charge is -2.20. The third-order valence-corrected chi connectivity index (χ3v) is 8.98. The SMILES string of the molecule is CC/C=C\C/C=C\C/C=C\C/C=C\C/C=C\CCCCCCCC(=O)OC(COCCCCCC/C=C\C/C=C\C/C=C\CC)COP(=O)(O)OCCN. The van der Waals surface area contributed by atoms with E-state index in [9.17, 15) is 14.3 Å². The van der Waals surface area contributed by atoms with Crippen LogP contribution in [-0.4, -0.2) is 49.9 Å². The molecule has 0 aromatic heterocycles. The van der Waals surface area contributed by atoms with Gasteiger partial charge in [0.1, 0.15) is 6.10 Å². The van der Waals surface area contributed by atoms with Gasteiger partial charge in [-0.15, -0.1) is 0 Å². The smallest absolute Gasteiger partial charge is 0.457 e. The molecule has 0 amide bonds. The summed E-state index contributed by atoms with van der Waals surface area (Å²) in [4.78, 5) is 22.5. The molecule has 54 heavy (non-hydrogen) atoms. The van der Waals surface area contributed by atoms with Crippen molar-refractivity contribution in [2.75, 3.05) is 33.0 Å². The number of unbranched alkanes of at least 4 members (excludes halogenated alkanes) is 9. The molecular formula is C45H76NO7P. The Kier molecular flexibility index (Phi) is 39.6. The number of esters is 1. The average molecular weight is 774 g/mol. The van der Waals surface area contributed by atoms with E-state index in [1.165, 1.54) is 0 Å². The van der Waals surface area contributed by atoms with Gasteiger partial charge in [0.25, 0.3) is 0 Å². The molecule has 308 valence electrons. The van der Waals surface area contributed by atoms with Crippen LogP contribution in [0.5, 0.6) is 0 Å². The second-order valence-corrected chi connectivity index (χ2v) is 14.5. The topological polar surface area (TPSA) is 117 Å². The Balaban J connectivity index is 4.15. The molecule has 0 heterocycles. The molecule has 0 fully saturated rings. The maximum absolute atomic E-state index is 12.6. The number of hydrogen-bond donors (Lipinski definition) is 2. The Labute approximate surface area is 330 Å². The summed E-state index contributed by atoms with van der Waals surface area (Å²) in [5.41, 5.74) is 5.36. The lowest BCUT2D eigenvalue weighted by molar-refractivity contribution is -0.154. The van der Waals surface area contributed by atoms with Crippen LogP contribution in [0.3, 0.4) is 0 Å². The highest BCUT2D eigenvalue weighted by Gasteiger charge is 2.25. The number of phosphoric ester groups is 1. The third kappa shape index (κ3) is 40.6. The first kappa shape index (κ1) is 51.4. The van der Waals surface area contributed by atoms with E-state index in [4.69, 9.17) is 24.3 Å². The van der Waals surface area contributed by atoms with Crippen molar-refractivity contribution in [2.24, 2.45) is 5.73 Å². The lowest BCUT2D eigenvalue weighted by atomic mass is 10.1. The summed E-state index contributed by atoms with van der Waals surface area (Å²) in [6, 6.07) is 0. The maximum atomic E-state index is 12.6. The normalized spacial score (nSPS) is 14.5. The first-order valence-electron chi connectivity index (χ1n) is 20.7. The fourth-order valence-electron chi connectivity index (χ4n) is 5.04. The van der Waals surface area contributed by atoms with Gasteiger partial charge in [-0.1, -0.05) is 143 Å². The number of allylic oxidation sites excluding steroid dienone is 16. The van der Waals surface area contributed by atoms with Crippen LogP contribution in [0.15, 0.2) is 97.2 Å². The minimum atomic E-state index is -4.29. The second-order valence-electron chi connectivity index (χ2n) is 13.1. The zero-order chi connectivity index (χ0) is 39.5. The molecule has 0 rings (SSSR count). The summed E-state index contributed by atoms with van der Waals surface area (Å²) >= 11 is 0. The Hall–Kier alpha value is -2.58. The first-order valence-corrected chi connectivity index (χ1v) is 22.2. The van der Waals surface area contributed by atoms with Crippen molar-refractivity contribution >= 4 is 13.8 Å². The number of carbonyl (C=O) groups is 1. The quantitative estimate of drug-likeness (QED) is 0.0276. The minimum absolute atomic E-state index is 0.0862. The number of phosphoric acid groups is 1. The number of carbonyl (C=O) groups excluding carboxylic acids is 1. The number of hydrogen-bond acceptors (Lipinski definition) is 7. The fraction of sp³-hybridized carbons (Fsp3) is 0.622. The van der Waals surface area contributed by atoms with Crippen molar-refractivity contribution in [3.63, 3.8) is 0 Å². The zero-order valence-electron chi connectivity index (χ0n) is 33.9. The van der Waals surface area contributed by atoms with E-state index in [2.05, 4.69) is 111 Å². The van der Waals surface area contributed by atoms with Crippen LogP contribution < -0.4 is 5.73 Å². The minimum Gasteiger partial charge on any atom is -0.457 e. The van der Waals surface area contributed by atoms with Gasteiger partial charge < -0.3 is 20.1 Å². The van der Waals surface area contributed by atoms with Crippen LogP contribution in [0.2, 0.25) is 0 Å². The van der Waals surface area contributed by atoms with Gasteiger partial charge in [0.05, 0.1) is 19.8 Å². The van der Waals surface area contributed by atoms with Gasteiger partial charge in [-0.25, -0.2) is 4.57 Å². The summed E-state index contributed by atoms with van der Waals surface area (Å²) < 4.78 is 33.3. The predicted octanol–water partition coefficient (Wildman–Crippen LogP) is 12.3. The van der Waals surface area contributed by atoms with Crippen LogP contribution in [0.1, 0.15) is 142 Å². The molecule has 0 aromatic carbocycles. The molecule has 2 unspecified atom stereocenters. The van der Waals surface area contributed by atoms with Crippen molar-refractivity contribution in [3.05, 3.63) is 97.2 Å². The van der Waals surface area contributed by atoms with Crippen molar-refractivity contribution in [2.45, 2.75) is 148 Å².